The van der Waals surface area contributed by atoms with Crippen molar-refractivity contribution >= 4 is 38.8 Å². The van der Waals surface area contributed by atoms with E-state index in [1.807, 2.05) is 0 Å². The molecule has 0 aliphatic carbocycles. The summed E-state index contributed by atoms with van der Waals surface area (Å²) in [5.41, 5.74) is 8.45. The highest BCUT2D eigenvalue weighted by Crippen LogP contribution is 2.25. The molecule has 0 bridgehead atoms. The monoisotopic (exact) mass is 482 g/mol. The van der Waals surface area contributed by atoms with Gasteiger partial charge in [-0.3, -0.25) is 9.79 Å². The van der Waals surface area contributed by atoms with Gasteiger partial charge in [0.05, 0.1) is 22.8 Å². The van der Waals surface area contributed by atoms with Gasteiger partial charge in [-0.1, -0.05) is 60.1 Å². The molecule has 3 N–H and O–H groups in total. The van der Waals surface area contributed by atoms with E-state index in [0.717, 1.165) is 0 Å². The summed E-state index contributed by atoms with van der Waals surface area (Å²) < 4.78 is 26.3. The van der Waals surface area contributed by atoms with Crippen molar-refractivity contribution in [1.82, 2.24) is 0 Å². The van der Waals surface area contributed by atoms with Crippen LogP contribution in [0.2, 0.25) is 5.02 Å². The van der Waals surface area contributed by atoms with Gasteiger partial charge < -0.3 is 10.8 Å². The van der Waals surface area contributed by atoms with E-state index in [9.17, 15) is 18.3 Å². The molecule has 0 fully saturated rings. The molecule has 3 aromatic carbocycles. The smallest absolute Gasteiger partial charge is 0.307 e. The number of halogens is 1. The summed E-state index contributed by atoms with van der Waals surface area (Å²) in [6, 6.07) is 21.5. The number of nitrogens with two attached hydrogens (primary N) is 1. The molecular weight excluding hydrogens is 460 g/mol. The van der Waals surface area contributed by atoms with Crippen molar-refractivity contribution in [2.45, 2.75) is 29.7 Å². The highest BCUT2D eigenvalue weighted by atomic mass is 35.5. The molecule has 3 rings (SSSR count). The minimum Gasteiger partial charge on any atom is -0.481 e. The minimum atomic E-state index is -3.73. The van der Waals surface area contributed by atoms with E-state index in [0.29, 0.717) is 27.4 Å². The third-order valence-electron chi connectivity index (χ3n) is 5.05. The SMILES string of the molecule is CC(=NCc1ccccc1S(=O)(=O)c1ccccc1)C(CC(=O)O)=C(N)c1ccc(Cl)cc1. The molecule has 0 unspecified atom stereocenters. The van der Waals surface area contributed by atoms with Crippen LogP contribution in [-0.2, 0) is 21.2 Å². The lowest BCUT2D eigenvalue weighted by Crippen LogP contribution is -2.13. The summed E-state index contributed by atoms with van der Waals surface area (Å²) >= 11 is 5.93. The fourth-order valence-electron chi connectivity index (χ4n) is 3.30. The van der Waals surface area contributed by atoms with E-state index < -0.39 is 15.8 Å². The molecule has 3 aromatic rings. The molecule has 33 heavy (non-hydrogen) atoms. The van der Waals surface area contributed by atoms with E-state index in [1.165, 1.54) is 0 Å². The normalized spacial score (nSPS) is 12.8. The number of carbonyl (C=O) groups is 1. The molecule has 0 heterocycles. The number of carboxylic acids is 1. The fraction of sp³-hybridized carbons (Fsp3) is 0.120. The van der Waals surface area contributed by atoms with Crippen LogP contribution in [-0.4, -0.2) is 25.2 Å². The molecule has 0 radical (unpaired) electrons. The van der Waals surface area contributed by atoms with Gasteiger partial charge in [0, 0.05) is 22.0 Å². The van der Waals surface area contributed by atoms with Crippen molar-refractivity contribution in [1.29, 1.82) is 0 Å². The van der Waals surface area contributed by atoms with Gasteiger partial charge in [0.15, 0.2) is 0 Å². The molecular formula is C25H23ClN2O4S. The van der Waals surface area contributed by atoms with Crippen LogP contribution in [0.3, 0.4) is 0 Å². The first-order valence-electron chi connectivity index (χ1n) is 10.1. The van der Waals surface area contributed by atoms with E-state index in [-0.39, 0.29) is 28.5 Å². The van der Waals surface area contributed by atoms with Crippen LogP contribution >= 0.6 is 11.6 Å². The third-order valence-corrected chi connectivity index (χ3v) is 7.17. The van der Waals surface area contributed by atoms with E-state index >= 15 is 0 Å². The summed E-state index contributed by atoms with van der Waals surface area (Å²) in [6.45, 7) is 1.71. The Labute approximate surface area is 198 Å². The molecule has 0 saturated carbocycles. The fourth-order valence-corrected chi connectivity index (χ4v) is 4.93. The molecule has 6 nitrogen and oxygen atoms in total. The van der Waals surface area contributed by atoms with Crippen LogP contribution in [0.1, 0.15) is 24.5 Å². The number of benzene rings is 3. The van der Waals surface area contributed by atoms with Gasteiger partial charge >= 0.3 is 5.97 Å². The molecule has 0 saturated heterocycles. The van der Waals surface area contributed by atoms with Crippen LogP contribution in [0, 0.1) is 0 Å². The van der Waals surface area contributed by atoms with Crippen molar-refractivity contribution in [3.63, 3.8) is 0 Å². The number of hydrogen-bond donors (Lipinski definition) is 2. The predicted octanol–water partition coefficient (Wildman–Crippen LogP) is 4.98. The highest BCUT2D eigenvalue weighted by Gasteiger charge is 2.21. The van der Waals surface area contributed by atoms with Crippen molar-refractivity contribution < 1.29 is 18.3 Å². The van der Waals surface area contributed by atoms with Crippen molar-refractivity contribution in [3.8, 4) is 0 Å². The number of hydrogen-bond acceptors (Lipinski definition) is 5. The second-order valence-electron chi connectivity index (χ2n) is 7.30. The predicted molar refractivity (Wildman–Crippen MR) is 130 cm³/mol. The van der Waals surface area contributed by atoms with Gasteiger partial charge in [0.25, 0.3) is 0 Å². The first-order chi connectivity index (χ1) is 15.7. The van der Waals surface area contributed by atoms with Crippen molar-refractivity contribution in [2.75, 3.05) is 0 Å². The number of rotatable bonds is 8. The maximum atomic E-state index is 13.1. The molecule has 0 aliphatic heterocycles. The molecule has 170 valence electrons. The average molecular weight is 483 g/mol. The van der Waals surface area contributed by atoms with Gasteiger partial charge in [-0.2, -0.15) is 0 Å². The zero-order valence-corrected chi connectivity index (χ0v) is 19.5. The van der Waals surface area contributed by atoms with Crippen LogP contribution in [0.25, 0.3) is 5.70 Å². The largest absolute Gasteiger partial charge is 0.481 e. The van der Waals surface area contributed by atoms with Crippen LogP contribution in [0.5, 0.6) is 0 Å². The van der Waals surface area contributed by atoms with E-state index in [4.69, 9.17) is 17.3 Å². The summed E-state index contributed by atoms with van der Waals surface area (Å²) in [6.07, 6.45) is -0.326. The number of carboxylic acid groups (broad SMARTS) is 1. The first kappa shape index (κ1) is 24.2. The summed E-state index contributed by atoms with van der Waals surface area (Å²) in [5, 5.41) is 9.92. The van der Waals surface area contributed by atoms with Crippen LogP contribution in [0.4, 0.5) is 0 Å². The maximum absolute atomic E-state index is 13.1. The van der Waals surface area contributed by atoms with Gasteiger partial charge in [0.2, 0.25) is 9.84 Å². The Morgan fingerprint density at radius 2 is 1.58 bits per heavy atom. The Morgan fingerprint density at radius 1 is 0.970 bits per heavy atom. The lowest BCUT2D eigenvalue weighted by atomic mass is 10.0. The molecule has 0 atom stereocenters. The highest BCUT2D eigenvalue weighted by molar-refractivity contribution is 7.91. The number of aliphatic carboxylic acids is 1. The zero-order valence-electron chi connectivity index (χ0n) is 17.9. The maximum Gasteiger partial charge on any atom is 0.307 e. The van der Waals surface area contributed by atoms with Crippen molar-refractivity contribution in [3.05, 3.63) is 101 Å². The Morgan fingerprint density at radius 3 is 2.21 bits per heavy atom. The zero-order chi connectivity index (χ0) is 24.0. The molecule has 0 aliphatic rings. The first-order valence-corrected chi connectivity index (χ1v) is 11.9. The number of sulfone groups is 1. The lowest BCUT2D eigenvalue weighted by Gasteiger charge is -2.13. The topological polar surface area (TPSA) is 110 Å². The minimum absolute atomic E-state index is 0.0467. The second kappa shape index (κ2) is 10.5. The summed E-state index contributed by atoms with van der Waals surface area (Å²) in [7, 11) is -3.73. The van der Waals surface area contributed by atoms with Gasteiger partial charge in [0.1, 0.15) is 0 Å². The molecule has 8 heteroatoms. The standard InChI is InChI=1S/C25H23ClN2O4S/c1-17(22(15-24(29)30)25(27)18-11-13-20(26)14-12-18)28-16-19-7-5-6-10-23(19)33(31,32)21-8-3-2-4-9-21/h2-14H,15-16,27H2,1H3,(H,29,30). The summed E-state index contributed by atoms with van der Waals surface area (Å²) in [4.78, 5) is 16.3. The quantitative estimate of drug-likeness (QED) is 0.440. The van der Waals surface area contributed by atoms with E-state index in [2.05, 4.69) is 4.99 Å². The van der Waals surface area contributed by atoms with Gasteiger partial charge in [-0.25, -0.2) is 8.42 Å². The van der Waals surface area contributed by atoms with Crippen LogP contribution < -0.4 is 5.73 Å². The third kappa shape index (κ3) is 5.88. The molecule has 0 aromatic heterocycles. The number of aliphatic imine (C=N–C) groups is 1. The van der Waals surface area contributed by atoms with E-state index in [1.54, 1.807) is 85.8 Å². The van der Waals surface area contributed by atoms with Gasteiger partial charge in [-0.05, 0) is 48.4 Å². The summed E-state index contributed by atoms with van der Waals surface area (Å²) in [5.74, 6) is -1.05. The molecule has 0 spiro atoms. The lowest BCUT2D eigenvalue weighted by molar-refractivity contribution is -0.136. The Bertz CT molecular complexity index is 1320. The van der Waals surface area contributed by atoms with Crippen molar-refractivity contribution in [2.24, 2.45) is 10.7 Å². The number of nitrogens with zero attached hydrogens (tertiary/aromatic N) is 1. The molecule has 0 amide bonds. The Balaban J connectivity index is 1.99. The van der Waals surface area contributed by atoms with Gasteiger partial charge in [-0.15, -0.1) is 0 Å². The Hall–Kier alpha value is -3.42. The average Bonchev–Trinajstić information content (AvgIpc) is 2.81. The van der Waals surface area contributed by atoms with Crippen LogP contribution in [0.15, 0.2) is 99.2 Å². The second-order valence-corrected chi connectivity index (χ2v) is 9.65. The Kier molecular flexibility index (Phi) is 7.68.